The number of benzene rings is 1. The smallest absolute Gasteiger partial charge is 0.0616 e. The number of fused-ring (bicyclic) bond motifs is 1. The maximum atomic E-state index is 5.31. The normalized spacial score (nSPS) is 40.5. The molecule has 6 rings (SSSR count). The van der Waals surface area contributed by atoms with Crippen molar-refractivity contribution in [1.82, 2.24) is 0 Å². The Bertz CT molecular complexity index is 660. The Balaban J connectivity index is 1.44. The highest BCUT2D eigenvalue weighted by atomic mass is 14.9. The van der Waals surface area contributed by atoms with Crippen LogP contribution in [0.5, 0.6) is 0 Å². The number of nitrogens with zero attached hydrogens (tertiary/aromatic N) is 1. The van der Waals surface area contributed by atoms with Gasteiger partial charge in [0, 0.05) is 6.21 Å². The molecule has 0 heterocycles. The van der Waals surface area contributed by atoms with E-state index in [0.29, 0.717) is 11.5 Å². The van der Waals surface area contributed by atoms with Gasteiger partial charge in [-0.3, -0.25) is 4.99 Å². The number of hydrogen-bond acceptors (Lipinski definition) is 1. The lowest BCUT2D eigenvalue weighted by Crippen LogP contribution is -2.49. The molecule has 1 unspecified atom stereocenters. The first-order valence-corrected chi connectivity index (χ1v) is 10.0. The predicted molar refractivity (Wildman–Crippen MR) is 101 cm³/mol. The molecule has 126 valence electrons. The van der Waals surface area contributed by atoms with Gasteiger partial charge in [-0.1, -0.05) is 31.2 Å². The molecule has 4 fully saturated rings. The van der Waals surface area contributed by atoms with E-state index in [0.717, 1.165) is 17.8 Å². The third-order valence-electron chi connectivity index (χ3n) is 7.29. The highest BCUT2D eigenvalue weighted by Gasteiger charge is 2.50. The SMILES string of the molecule is CC1CCc2ccccc2C=C1/C=N/C12CC3CC(CC(C3)C1)C2. The molecule has 4 bridgehead atoms. The lowest BCUT2D eigenvalue weighted by atomic mass is 9.53. The van der Waals surface area contributed by atoms with E-state index < -0.39 is 0 Å². The van der Waals surface area contributed by atoms with Crippen LogP contribution in [0.2, 0.25) is 0 Å². The minimum Gasteiger partial charge on any atom is -0.286 e. The monoisotopic (exact) mass is 319 g/mol. The molecule has 1 heteroatoms. The first-order valence-electron chi connectivity index (χ1n) is 10.0. The van der Waals surface area contributed by atoms with Gasteiger partial charge in [-0.25, -0.2) is 0 Å². The molecule has 0 spiro atoms. The molecule has 1 nitrogen and oxygen atoms in total. The molecule has 1 aromatic carbocycles. The van der Waals surface area contributed by atoms with Crippen molar-refractivity contribution >= 4 is 12.3 Å². The first kappa shape index (κ1) is 14.9. The zero-order valence-corrected chi connectivity index (χ0v) is 14.9. The molecule has 5 aliphatic carbocycles. The summed E-state index contributed by atoms with van der Waals surface area (Å²) in [5.74, 6) is 3.56. The minimum absolute atomic E-state index is 0.307. The van der Waals surface area contributed by atoms with Crippen LogP contribution >= 0.6 is 0 Å². The maximum absolute atomic E-state index is 5.31. The second-order valence-corrected chi connectivity index (χ2v) is 9.18. The molecule has 4 saturated carbocycles. The summed E-state index contributed by atoms with van der Waals surface area (Å²) in [5, 5.41) is 0. The van der Waals surface area contributed by atoms with Gasteiger partial charge in [0.05, 0.1) is 5.54 Å². The summed E-state index contributed by atoms with van der Waals surface area (Å²) in [6, 6.07) is 8.90. The van der Waals surface area contributed by atoms with Gasteiger partial charge in [0.1, 0.15) is 0 Å². The van der Waals surface area contributed by atoms with Gasteiger partial charge in [-0.2, -0.15) is 0 Å². The highest BCUT2D eigenvalue weighted by molar-refractivity contribution is 5.87. The Morgan fingerprint density at radius 2 is 1.67 bits per heavy atom. The van der Waals surface area contributed by atoms with E-state index in [1.165, 1.54) is 68.1 Å². The lowest BCUT2D eigenvalue weighted by Gasteiger charge is -2.55. The molecule has 0 amide bonds. The van der Waals surface area contributed by atoms with Crippen LogP contribution in [0.25, 0.3) is 6.08 Å². The average molecular weight is 319 g/mol. The third-order valence-corrected chi connectivity index (χ3v) is 7.29. The van der Waals surface area contributed by atoms with Gasteiger partial charge in [0.2, 0.25) is 0 Å². The van der Waals surface area contributed by atoms with E-state index in [1.807, 2.05) is 0 Å². The summed E-state index contributed by atoms with van der Waals surface area (Å²) in [6.45, 7) is 2.38. The highest BCUT2D eigenvalue weighted by Crippen LogP contribution is 2.57. The van der Waals surface area contributed by atoms with Gasteiger partial charge >= 0.3 is 0 Å². The summed E-state index contributed by atoms with van der Waals surface area (Å²) in [4.78, 5) is 5.31. The van der Waals surface area contributed by atoms with Crippen LogP contribution in [0.15, 0.2) is 34.8 Å². The quantitative estimate of drug-likeness (QED) is 0.621. The number of rotatable bonds is 2. The molecule has 1 atom stereocenters. The van der Waals surface area contributed by atoms with E-state index >= 15 is 0 Å². The Morgan fingerprint density at radius 1 is 1.00 bits per heavy atom. The maximum Gasteiger partial charge on any atom is 0.0616 e. The zero-order valence-electron chi connectivity index (χ0n) is 14.9. The molecular formula is C23H29N. The fourth-order valence-corrected chi connectivity index (χ4v) is 6.36. The van der Waals surface area contributed by atoms with Gasteiger partial charge in [0.15, 0.2) is 0 Å². The van der Waals surface area contributed by atoms with Gasteiger partial charge in [-0.05, 0) is 97.8 Å². The third kappa shape index (κ3) is 2.57. The number of hydrogen-bond donors (Lipinski definition) is 0. The molecule has 24 heavy (non-hydrogen) atoms. The molecule has 0 aliphatic heterocycles. The van der Waals surface area contributed by atoms with Gasteiger partial charge in [-0.15, -0.1) is 0 Å². The standard InChI is InChI=1S/C23H29N/c1-16-6-7-20-4-2-3-5-21(20)11-22(16)15-24-23-12-17-8-18(13-23)10-19(9-17)14-23/h2-5,11,15-19H,6-10,12-14H2,1H3/b24-15+. The minimum atomic E-state index is 0.307. The van der Waals surface area contributed by atoms with Crippen LogP contribution in [-0.4, -0.2) is 11.8 Å². The molecule has 0 aromatic heterocycles. The topological polar surface area (TPSA) is 12.4 Å². The van der Waals surface area contributed by atoms with Crippen molar-refractivity contribution in [3.8, 4) is 0 Å². The van der Waals surface area contributed by atoms with Crippen LogP contribution in [0, 0.1) is 23.7 Å². The Kier molecular flexibility index (Phi) is 3.47. The summed E-state index contributed by atoms with van der Waals surface area (Å²) >= 11 is 0. The summed E-state index contributed by atoms with van der Waals surface area (Å²) in [5.41, 5.74) is 4.67. The molecule has 5 aliphatic rings. The van der Waals surface area contributed by atoms with Crippen LogP contribution in [-0.2, 0) is 6.42 Å². The summed E-state index contributed by atoms with van der Waals surface area (Å²) in [6.07, 6.45) is 15.8. The second kappa shape index (κ2) is 5.58. The van der Waals surface area contributed by atoms with Crippen LogP contribution in [0.3, 0.4) is 0 Å². The van der Waals surface area contributed by atoms with Gasteiger partial charge in [0.25, 0.3) is 0 Å². The average Bonchev–Trinajstić information content (AvgIpc) is 2.71. The molecule has 0 N–H and O–H groups in total. The van der Waals surface area contributed by atoms with Crippen molar-refractivity contribution in [2.45, 2.75) is 63.8 Å². The summed E-state index contributed by atoms with van der Waals surface area (Å²) < 4.78 is 0. The van der Waals surface area contributed by atoms with Crippen molar-refractivity contribution in [1.29, 1.82) is 0 Å². The molecular weight excluding hydrogens is 290 g/mol. The number of aryl methyl sites for hydroxylation is 1. The second-order valence-electron chi connectivity index (χ2n) is 9.18. The van der Waals surface area contributed by atoms with E-state index in [-0.39, 0.29) is 0 Å². The van der Waals surface area contributed by atoms with E-state index in [4.69, 9.17) is 4.99 Å². The molecule has 0 saturated heterocycles. The molecule has 0 radical (unpaired) electrons. The molecule has 1 aromatic rings. The van der Waals surface area contributed by atoms with E-state index in [9.17, 15) is 0 Å². The zero-order chi connectivity index (χ0) is 16.1. The fraction of sp³-hybridized carbons (Fsp3) is 0.609. The van der Waals surface area contributed by atoms with Gasteiger partial charge < -0.3 is 0 Å². The Hall–Kier alpha value is -1.37. The number of allylic oxidation sites excluding steroid dienone is 1. The first-order chi connectivity index (χ1) is 11.7. The van der Waals surface area contributed by atoms with Crippen LogP contribution in [0.4, 0.5) is 0 Å². The Morgan fingerprint density at radius 3 is 2.38 bits per heavy atom. The van der Waals surface area contributed by atoms with Crippen molar-refractivity contribution < 1.29 is 0 Å². The van der Waals surface area contributed by atoms with Crippen molar-refractivity contribution in [2.24, 2.45) is 28.7 Å². The van der Waals surface area contributed by atoms with Crippen LogP contribution < -0.4 is 0 Å². The fourth-order valence-electron chi connectivity index (χ4n) is 6.36. The van der Waals surface area contributed by atoms with E-state index in [2.05, 4.69) is 43.5 Å². The lowest BCUT2D eigenvalue weighted by molar-refractivity contribution is 0.00192. The van der Waals surface area contributed by atoms with Crippen molar-refractivity contribution in [3.63, 3.8) is 0 Å². The van der Waals surface area contributed by atoms with Crippen molar-refractivity contribution in [3.05, 3.63) is 41.0 Å². The largest absolute Gasteiger partial charge is 0.286 e. The van der Waals surface area contributed by atoms with Crippen LogP contribution in [0.1, 0.15) is 63.0 Å². The van der Waals surface area contributed by atoms with Crippen molar-refractivity contribution in [2.75, 3.05) is 0 Å². The van der Waals surface area contributed by atoms with E-state index in [1.54, 1.807) is 0 Å². The number of aliphatic imine (C=N–C) groups is 1. The summed E-state index contributed by atoms with van der Waals surface area (Å²) in [7, 11) is 0. The predicted octanol–water partition coefficient (Wildman–Crippen LogP) is 5.69. The Labute approximate surface area is 146 Å².